The molecular formula is C10H6F4O4. The second kappa shape index (κ2) is 5.03. The molecule has 0 bridgehead atoms. The molecule has 0 amide bonds. The van der Waals surface area contributed by atoms with Crippen LogP contribution in [0.5, 0.6) is 0 Å². The van der Waals surface area contributed by atoms with E-state index in [2.05, 4.69) is 4.94 Å². The first-order valence-corrected chi connectivity index (χ1v) is 4.49. The molecule has 0 aliphatic rings. The summed E-state index contributed by atoms with van der Waals surface area (Å²) in [5, 5.41) is 8.41. The smallest absolute Gasteiger partial charge is 0.422 e. The van der Waals surface area contributed by atoms with E-state index in [0.29, 0.717) is 6.07 Å². The number of benzene rings is 1. The van der Waals surface area contributed by atoms with Crippen LogP contribution < -0.4 is 0 Å². The maximum absolute atomic E-state index is 13.4. The number of carbonyl (C=O) groups is 2. The normalized spacial score (nSPS) is 12.9. The zero-order valence-electron chi connectivity index (χ0n) is 8.57. The third-order valence-electron chi connectivity index (χ3n) is 2.12. The third-order valence-corrected chi connectivity index (χ3v) is 2.12. The van der Waals surface area contributed by atoms with Gasteiger partial charge in [0, 0.05) is 15.7 Å². The lowest BCUT2D eigenvalue weighted by atomic mass is 9.98. The summed E-state index contributed by atoms with van der Waals surface area (Å²) in [6, 6.07) is 3.49. The van der Waals surface area contributed by atoms with Crippen molar-refractivity contribution in [2.24, 2.45) is 0 Å². The van der Waals surface area contributed by atoms with Crippen LogP contribution in [0.1, 0.15) is 17.3 Å². The minimum atomic E-state index is -4.48. The van der Waals surface area contributed by atoms with Gasteiger partial charge in [0.25, 0.3) is 0 Å². The summed E-state index contributed by atoms with van der Waals surface area (Å²) < 4.78 is 51.5. The lowest BCUT2D eigenvalue weighted by molar-refractivity contribution is -0.213. The Bertz CT molecular complexity index is 475. The van der Waals surface area contributed by atoms with Crippen molar-refractivity contribution in [2.45, 2.75) is 12.1 Å². The van der Waals surface area contributed by atoms with Crippen LogP contribution in [-0.2, 0) is 20.5 Å². The van der Waals surface area contributed by atoms with Gasteiger partial charge in [0.2, 0.25) is 6.17 Å². The van der Waals surface area contributed by atoms with Gasteiger partial charge in [-0.15, -0.1) is 0 Å². The van der Waals surface area contributed by atoms with Gasteiger partial charge in [-0.25, -0.2) is 18.9 Å². The van der Waals surface area contributed by atoms with Crippen molar-refractivity contribution < 1.29 is 37.3 Å². The molecule has 0 aliphatic heterocycles. The largest absolute Gasteiger partial charge is 0.479 e. The van der Waals surface area contributed by atoms with Gasteiger partial charge in [0.05, 0.1) is 0 Å². The van der Waals surface area contributed by atoms with E-state index in [9.17, 15) is 27.3 Å². The van der Waals surface area contributed by atoms with Gasteiger partial charge in [-0.2, -0.15) is 8.78 Å². The number of carbonyl (C=O) groups excluding carboxylic acids is 1. The predicted octanol–water partition coefficient (Wildman–Crippen LogP) is 2.30. The lowest BCUT2D eigenvalue weighted by Gasteiger charge is -2.16. The summed E-state index contributed by atoms with van der Waals surface area (Å²) in [6.45, 7) is 0. The Labute approximate surface area is 97.7 Å². The quantitative estimate of drug-likeness (QED) is 0.849. The Morgan fingerprint density at radius 3 is 2.33 bits per heavy atom. The SMILES string of the molecule is O=C(O)C(F)c1ccccc1C(F)(F)C(=O)OF. The minimum Gasteiger partial charge on any atom is -0.479 e. The molecule has 0 saturated heterocycles. The van der Waals surface area contributed by atoms with E-state index in [1.54, 1.807) is 0 Å². The molecule has 0 aliphatic carbocycles. The van der Waals surface area contributed by atoms with Gasteiger partial charge >= 0.3 is 17.9 Å². The summed E-state index contributed by atoms with van der Waals surface area (Å²) in [4.78, 5) is 23.4. The van der Waals surface area contributed by atoms with E-state index in [0.717, 1.165) is 18.2 Å². The molecule has 0 saturated carbocycles. The molecule has 0 fully saturated rings. The Morgan fingerprint density at radius 2 is 1.83 bits per heavy atom. The molecule has 0 radical (unpaired) electrons. The maximum atomic E-state index is 13.4. The number of hydrogen-bond acceptors (Lipinski definition) is 3. The van der Waals surface area contributed by atoms with Crippen molar-refractivity contribution >= 4 is 11.9 Å². The monoisotopic (exact) mass is 266 g/mol. The molecule has 0 spiro atoms. The zero-order valence-corrected chi connectivity index (χ0v) is 8.57. The van der Waals surface area contributed by atoms with Crippen LogP contribution in [0.3, 0.4) is 0 Å². The summed E-state index contributed by atoms with van der Waals surface area (Å²) in [5.41, 5.74) is -2.21. The summed E-state index contributed by atoms with van der Waals surface area (Å²) in [7, 11) is 0. The molecule has 1 aromatic rings. The molecule has 1 aromatic carbocycles. The van der Waals surface area contributed by atoms with Crippen LogP contribution >= 0.6 is 0 Å². The fourth-order valence-corrected chi connectivity index (χ4v) is 1.30. The predicted molar refractivity (Wildman–Crippen MR) is 49.0 cm³/mol. The highest BCUT2D eigenvalue weighted by Gasteiger charge is 2.47. The van der Waals surface area contributed by atoms with Gasteiger partial charge in [0.1, 0.15) is 0 Å². The number of rotatable bonds is 4. The molecule has 0 heterocycles. The molecule has 1 N–H and O–H groups in total. The van der Waals surface area contributed by atoms with Crippen LogP contribution in [0.25, 0.3) is 0 Å². The van der Waals surface area contributed by atoms with E-state index in [1.807, 2.05) is 0 Å². The van der Waals surface area contributed by atoms with E-state index in [1.165, 1.54) is 0 Å². The first-order chi connectivity index (χ1) is 8.32. The number of halogens is 4. The molecule has 0 aromatic heterocycles. The average molecular weight is 266 g/mol. The minimum absolute atomic E-state index is 0.613. The summed E-state index contributed by atoms with van der Waals surface area (Å²) in [5.74, 6) is -9.04. The number of alkyl halides is 3. The average Bonchev–Trinajstić information content (AvgIpc) is 2.36. The van der Waals surface area contributed by atoms with Gasteiger partial charge < -0.3 is 5.11 Å². The number of carboxylic acid groups (broad SMARTS) is 1. The number of aliphatic carboxylic acids is 1. The topological polar surface area (TPSA) is 63.6 Å². The first kappa shape index (κ1) is 13.9. The van der Waals surface area contributed by atoms with Crippen LogP contribution in [0.4, 0.5) is 17.7 Å². The maximum Gasteiger partial charge on any atom is 0.422 e. The molecule has 4 nitrogen and oxygen atoms in total. The van der Waals surface area contributed by atoms with Crippen molar-refractivity contribution in [3.05, 3.63) is 35.4 Å². The van der Waals surface area contributed by atoms with E-state index >= 15 is 0 Å². The van der Waals surface area contributed by atoms with Crippen LogP contribution in [0.15, 0.2) is 24.3 Å². The van der Waals surface area contributed by atoms with E-state index in [4.69, 9.17) is 5.11 Å². The Balaban J connectivity index is 3.33. The van der Waals surface area contributed by atoms with Crippen molar-refractivity contribution in [3.63, 3.8) is 0 Å². The molecular weight excluding hydrogens is 260 g/mol. The molecule has 8 heteroatoms. The zero-order chi connectivity index (χ0) is 13.9. The fraction of sp³-hybridized carbons (Fsp3) is 0.200. The lowest BCUT2D eigenvalue weighted by Crippen LogP contribution is -2.28. The Morgan fingerprint density at radius 1 is 1.28 bits per heavy atom. The Kier molecular flexibility index (Phi) is 3.89. The fourth-order valence-electron chi connectivity index (χ4n) is 1.30. The summed E-state index contributed by atoms with van der Waals surface area (Å²) in [6.07, 6.45) is -2.76. The highest BCUT2D eigenvalue weighted by Crippen LogP contribution is 2.35. The summed E-state index contributed by atoms with van der Waals surface area (Å²) >= 11 is 0. The van der Waals surface area contributed by atoms with Gasteiger partial charge in [-0.05, 0) is 0 Å². The van der Waals surface area contributed by atoms with Gasteiger partial charge in [0.15, 0.2) is 0 Å². The number of hydrogen-bond donors (Lipinski definition) is 1. The van der Waals surface area contributed by atoms with Crippen molar-refractivity contribution in [1.82, 2.24) is 0 Å². The molecule has 1 unspecified atom stereocenters. The number of carboxylic acids is 1. The Hall–Kier alpha value is -2.12. The second-order valence-corrected chi connectivity index (χ2v) is 3.23. The highest BCUT2D eigenvalue weighted by molar-refractivity contribution is 5.81. The molecule has 1 atom stereocenters. The highest BCUT2D eigenvalue weighted by atomic mass is 19.3. The van der Waals surface area contributed by atoms with E-state index in [-0.39, 0.29) is 0 Å². The third kappa shape index (κ3) is 2.41. The van der Waals surface area contributed by atoms with Crippen molar-refractivity contribution in [3.8, 4) is 0 Å². The molecule has 98 valence electrons. The van der Waals surface area contributed by atoms with Crippen LogP contribution in [0, 0.1) is 0 Å². The van der Waals surface area contributed by atoms with Crippen LogP contribution in [0.2, 0.25) is 0 Å². The van der Waals surface area contributed by atoms with Crippen LogP contribution in [-0.4, -0.2) is 17.0 Å². The van der Waals surface area contributed by atoms with Gasteiger partial charge in [-0.1, -0.05) is 24.3 Å². The van der Waals surface area contributed by atoms with Crippen molar-refractivity contribution in [1.29, 1.82) is 0 Å². The van der Waals surface area contributed by atoms with E-state index < -0.39 is 35.2 Å². The van der Waals surface area contributed by atoms with Crippen molar-refractivity contribution in [2.75, 3.05) is 0 Å². The molecule has 1 rings (SSSR count). The second-order valence-electron chi connectivity index (χ2n) is 3.23. The standard InChI is InChI=1S/C10H6F4O4/c11-7(8(15)16)5-3-1-2-4-6(5)10(12,13)9(17)18-14/h1-4,7H,(H,15,16). The molecule has 18 heavy (non-hydrogen) atoms. The first-order valence-electron chi connectivity index (χ1n) is 4.49. The van der Waals surface area contributed by atoms with Gasteiger partial charge in [-0.3, -0.25) is 0 Å².